The summed E-state index contributed by atoms with van der Waals surface area (Å²) in [6, 6.07) is 11.0. The first-order valence-electron chi connectivity index (χ1n) is 9.06. The van der Waals surface area contributed by atoms with Crippen molar-refractivity contribution in [2.24, 2.45) is 0 Å². The van der Waals surface area contributed by atoms with Crippen LogP contribution in [0.5, 0.6) is 5.75 Å². The summed E-state index contributed by atoms with van der Waals surface area (Å²) in [5.74, 6) is 1.66. The van der Waals surface area contributed by atoms with E-state index < -0.39 is 10.1 Å². The molecule has 1 unspecified atom stereocenters. The Bertz CT molecular complexity index is 795. The fraction of sp³-hybridized carbons (Fsp3) is 0.500. The minimum Gasteiger partial charge on any atom is -0.497 e. The molecule has 27 heavy (non-hydrogen) atoms. The third-order valence-electron chi connectivity index (χ3n) is 4.64. The molecule has 0 saturated carbocycles. The number of hydrogen-bond acceptors (Lipinski definition) is 5. The van der Waals surface area contributed by atoms with Crippen molar-refractivity contribution in [3.63, 3.8) is 0 Å². The van der Waals surface area contributed by atoms with Crippen molar-refractivity contribution < 1.29 is 17.7 Å². The highest BCUT2D eigenvalue weighted by Crippen LogP contribution is 2.34. The molecule has 150 valence electrons. The average molecular weight is 412 g/mol. The number of likely N-dealkylation sites (N-methyl/N-ethyl adjacent to an activating group) is 1. The Morgan fingerprint density at radius 2 is 2.07 bits per heavy atom. The summed E-state index contributed by atoms with van der Waals surface area (Å²) in [5.41, 5.74) is 3.03. The fourth-order valence-electron chi connectivity index (χ4n) is 3.43. The number of methoxy groups -OCH3 is 1. The summed E-state index contributed by atoms with van der Waals surface area (Å²) in [7, 11) is 0.339. The lowest BCUT2D eigenvalue weighted by Gasteiger charge is -2.29. The molecule has 1 heterocycles. The molecule has 0 saturated heterocycles. The van der Waals surface area contributed by atoms with Crippen LogP contribution in [0.2, 0.25) is 0 Å². The second-order valence-corrected chi connectivity index (χ2v) is 9.48. The quantitative estimate of drug-likeness (QED) is 0.731. The van der Waals surface area contributed by atoms with Crippen molar-refractivity contribution in [2.75, 3.05) is 33.5 Å². The molecule has 0 amide bonds. The first kappa shape index (κ1) is 21.9. The van der Waals surface area contributed by atoms with Crippen molar-refractivity contribution in [1.82, 2.24) is 4.90 Å². The minimum atomic E-state index is -3.67. The van der Waals surface area contributed by atoms with Crippen molar-refractivity contribution in [2.45, 2.75) is 31.6 Å². The van der Waals surface area contributed by atoms with E-state index in [2.05, 4.69) is 47.7 Å². The highest BCUT2D eigenvalue weighted by atomic mass is 32.2. The summed E-state index contributed by atoms with van der Waals surface area (Å²) in [5, 5.41) is 2.17. The van der Waals surface area contributed by atoms with E-state index in [4.69, 9.17) is 9.29 Å². The maximum Gasteiger partial charge on any atom is 0.261 e. The maximum absolute atomic E-state index is 9.19. The molecule has 1 N–H and O–H groups in total. The van der Waals surface area contributed by atoms with Gasteiger partial charge in [-0.25, -0.2) is 0 Å². The zero-order chi connectivity index (χ0) is 19.9. The number of benzene rings is 1. The standard InChI is InChI=1S/C19H25NOS.CH4O3S/c1-20(11-10-18-7-4-12-22-18)14-16-6-3-5-15-13-17(21-2)8-9-19(15)16;1-5(2,3)4/h4,7-9,12-13,16H,3,5-6,10-11,14H2,1-2H3;1H3,(H,2,3,4). The van der Waals surface area contributed by atoms with Crippen molar-refractivity contribution >= 4 is 21.5 Å². The lowest BCUT2D eigenvalue weighted by molar-refractivity contribution is 0.301. The van der Waals surface area contributed by atoms with Gasteiger partial charge in [0.15, 0.2) is 0 Å². The molecule has 0 bridgehead atoms. The Morgan fingerprint density at radius 1 is 1.33 bits per heavy atom. The van der Waals surface area contributed by atoms with Gasteiger partial charge in [-0.2, -0.15) is 8.42 Å². The Hall–Kier alpha value is -1.41. The maximum atomic E-state index is 9.19. The number of aryl methyl sites for hydroxylation is 1. The smallest absolute Gasteiger partial charge is 0.261 e. The van der Waals surface area contributed by atoms with Gasteiger partial charge in [0.2, 0.25) is 0 Å². The van der Waals surface area contributed by atoms with Crippen LogP contribution in [0.15, 0.2) is 35.7 Å². The van der Waals surface area contributed by atoms with Gasteiger partial charge in [-0.1, -0.05) is 12.1 Å². The van der Waals surface area contributed by atoms with Crippen LogP contribution in [0.25, 0.3) is 0 Å². The molecule has 1 atom stereocenters. The molecule has 3 rings (SSSR count). The molecule has 5 nitrogen and oxygen atoms in total. The predicted molar refractivity (Wildman–Crippen MR) is 112 cm³/mol. The SMILES string of the molecule is COc1ccc2c(c1)CCCC2CN(C)CCc1cccs1.CS(=O)(=O)O. The molecule has 2 aromatic rings. The van der Waals surface area contributed by atoms with E-state index in [0.717, 1.165) is 25.3 Å². The molecule has 1 aliphatic carbocycles. The average Bonchev–Trinajstić information content (AvgIpc) is 3.12. The van der Waals surface area contributed by atoms with E-state index in [0.29, 0.717) is 12.2 Å². The van der Waals surface area contributed by atoms with Gasteiger partial charge in [0, 0.05) is 18.0 Å². The van der Waals surface area contributed by atoms with Gasteiger partial charge in [-0.05, 0) is 73.4 Å². The lowest BCUT2D eigenvalue weighted by atomic mass is 9.82. The molecule has 0 aliphatic heterocycles. The lowest BCUT2D eigenvalue weighted by Crippen LogP contribution is -2.28. The van der Waals surface area contributed by atoms with Crippen LogP contribution in [0.3, 0.4) is 0 Å². The Balaban J connectivity index is 0.000000465. The van der Waals surface area contributed by atoms with Gasteiger partial charge in [0.25, 0.3) is 10.1 Å². The third-order valence-corrected chi connectivity index (χ3v) is 5.58. The van der Waals surface area contributed by atoms with Gasteiger partial charge in [0.05, 0.1) is 13.4 Å². The summed E-state index contributed by atoms with van der Waals surface area (Å²) in [6.45, 7) is 2.30. The predicted octanol–water partition coefficient (Wildman–Crippen LogP) is 3.86. The summed E-state index contributed by atoms with van der Waals surface area (Å²) < 4.78 is 31.2. The zero-order valence-corrected chi connectivity index (χ0v) is 17.9. The molecule has 0 fully saturated rings. The zero-order valence-electron chi connectivity index (χ0n) is 16.2. The van der Waals surface area contributed by atoms with Crippen molar-refractivity contribution in [3.05, 3.63) is 51.7 Å². The summed E-state index contributed by atoms with van der Waals surface area (Å²) in [4.78, 5) is 3.98. The van der Waals surface area contributed by atoms with Crippen molar-refractivity contribution in [3.8, 4) is 5.75 Å². The monoisotopic (exact) mass is 411 g/mol. The van der Waals surface area contributed by atoms with Gasteiger partial charge in [-0.15, -0.1) is 11.3 Å². The van der Waals surface area contributed by atoms with Gasteiger partial charge in [0.1, 0.15) is 5.75 Å². The third kappa shape index (κ3) is 8.01. The van der Waals surface area contributed by atoms with Gasteiger partial charge in [-0.3, -0.25) is 4.55 Å². The summed E-state index contributed by atoms with van der Waals surface area (Å²) >= 11 is 1.86. The molecule has 0 radical (unpaired) electrons. The first-order chi connectivity index (χ1) is 12.8. The topological polar surface area (TPSA) is 66.8 Å². The van der Waals surface area contributed by atoms with Crippen LogP contribution in [-0.4, -0.2) is 51.4 Å². The van der Waals surface area contributed by atoms with Crippen LogP contribution >= 0.6 is 11.3 Å². The first-order valence-corrected chi connectivity index (χ1v) is 11.8. The largest absolute Gasteiger partial charge is 0.497 e. The number of fused-ring (bicyclic) bond motifs is 1. The number of hydrogen-bond donors (Lipinski definition) is 1. The minimum absolute atomic E-state index is 0.669. The molecule has 1 aliphatic rings. The number of thiophene rings is 1. The number of nitrogens with zero attached hydrogens (tertiary/aromatic N) is 1. The highest BCUT2D eigenvalue weighted by Gasteiger charge is 2.21. The number of ether oxygens (including phenoxy) is 1. The van der Waals surface area contributed by atoms with E-state index in [1.807, 2.05) is 11.3 Å². The van der Waals surface area contributed by atoms with Crippen LogP contribution < -0.4 is 4.74 Å². The normalized spacial score (nSPS) is 16.4. The Morgan fingerprint density at radius 3 is 2.70 bits per heavy atom. The van der Waals surface area contributed by atoms with Crippen LogP contribution in [-0.2, 0) is 23.0 Å². The fourth-order valence-corrected chi connectivity index (χ4v) is 4.13. The van der Waals surface area contributed by atoms with Crippen molar-refractivity contribution in [1.29, 1.82) is 0 Å². The molecule has 1 aromatic carbocycles. The molecule has 0 spiro atoms. The van der Waals surface area contributed by atoms with E-state index >= 15 is 0 Å². The Kier molecular flexibility index (Phi) is 8.28. The van der Waals surface area contributed by atoms with E-state index in [1.165, 1.54) is 35.3 Å². The highest BCUT2D eigenvalue weighted by molar-refractivity contribution is 7.85. The van der Waals surface area contributed by atoms with Crippen LogP contribution in [0, 0.1) is 0 Å². The van der Waals surface area contributed by atoms with E-state index in [1.54, 1.807) is 7.11 Å². The van der Waals surface area contributed by atoms with Gasteiger partial charge < -0.3 is 9.64 Å². The Labute approximate surface area is 166 Å². The molecular formula is C20H29NO4S2. The molecule has 7 heteroatoms. The summed E-state index contributed by atoms with van der Waals surface area (Å²) in [6.07, 6.45) is 5.68. The second-order valence-electron chi connectivity index (χ2n) is 6.98. The van der Waals surface area contributed by atoms with E-state index in [9.17, 15) is 8.42 Å². The molecule has 1 aromatic heterocycles. The molecular weight excluding hydrogens is 382 g/mol. The van der Waals surface area contributed by atoms with Crippen LogP contribution in [0.1, 0.15) is 34.8 Å². The van der Waals surface area contributed by atoms with Gasteiger partial charge >= 0.3 is 0 Å². The second kappa shape index (κ2) is 10.2. The van der Waals surface area contributed by atoms with Crippen LogP contribution in [0.4, 0.5) is 0 Å². The number of rotatable bonds is 6. The van der Waals surface area contributed by atoms with E-state index in [-0.39, 0.29) is 0 Å².